The van der Waals surface area contributed by atoms with Gasteiger partial charge < -0.3 is 4.90 Å². The van der Waals surface area contributed by atoms with Crippen LogP contribution in [-0.2, 0) is 16.4 Å². The number of hydrogen-bond acceptors (Lipinski definition) is 6. The molecule has 132 valence electrons. The van der Waals surface area contributed by atoms with Crippen LogP contribution in [0, 0.1) is 0 Å². The summed E-state index contributed by atoms with van der Waals surface area (Å²) in [4.78, 5) is 20.6. The lowest BCUT2D eigenvalue weighted by molar-refractivity contribution is 0.0301. The smallest absolute Gasteiger partial charge is 0.272 e. The lowest BCUT2D eigenvalue weighted by Crippen LogP contribution is -2.60. The van der Waals surface area contributed by atoms with Gasteiger partial charge in [-0.2, -0.15) is 5.10 Å². The number of pyridine rings is 1. The fourth-order valence-corrected chi connectivity index (χ4v) is 5.74. The van der Waals surface area contributed by atoms with Crippen LogP contribution in [0.4, 0.5) is 0 Å². The maximum absolute atomic E-state index is 12.7. The summed E-state index contributed by atoms with van der Waals surface area (Å²) < 4.78 is 24.5. The standard InChI is InChI=1S/C16H19N5O3S/c22-16(13-3-6-18-19-13)21-8-7-20(9-12-1-4-17-5-2-12)14-10-25(23,24)11-15(14)21/h1-6,14-15H,7-11H2,(H,18,19)/t14-,15+/m1/s1. The Labute approximate surface area is 145 Å². The number of piperazine rings is 1. The van der Waals surface area contributed by atoms with E-state index in [4.69, 9.17) is 0 Å². The summed E-state index contributed by atoms with van der Waals surface area (Å²) in [5.74, 6) is -0.0759. The molecule has 1 N–H and O–H groups in total. The van der Waals surface area contributed by atoms with E-state index in [1.54, 1.807) is 23.4 Å². The Kier molecular flexibility index (Phi) is 4.04. The molecule has 2 aliphatic heterocycles. The summed E-state index contributed by atoms with van der Waals surface area (Å²) in [5, 5.41) is 6.49. The minimum absolute atomic E-state index is 0.0182. The molecular weight excluding hydrogens is 342 g/mol. The third-order valence-electron chi connectivity index (χ3n) is 4.92. The number of carbonyl (C=O) groups is 1. The second kappa shape index (κ2) is 6.23. The molecule has 0 saturated carbocycles. The summed E-state index contributed by atoms with van der Waals surface area (Å²) >= 11 is 0. The first-order valence-corrected chi connectivity index (χ1v) is 9.99. The van der Waals surface area contributed by atoms with Crippen molar-refractivity contribution in [2.45, 2.75) is 18.6 Å². The van der Waals surface area contributed by atoms with Gasteiger partial charge in [-0.15, -0.1) is 0 Å². The van der Waals surface area contributed by atoms with Crippen LogP contribution < -0.4 is 0 Å². The van der Waals surface area contributed by atoms with Gasteiger partial charge in [0.2, 0.25) is 0 Å². The van der Waals surface area contributed by atoms with Gasteiger partial charge in [-0.3, -0.25) is 19.8 Å². The van der Waals surface area contributed by atoms with Crippen molar-refractivity contribution in [3.05, 3.63) is 48.0 Å². The van der Waals surface area contributed by atoms with E-state index >= 15 is 0 Å². The van der Waals surface area contributed by atoms with E-state index in [1.807, 2.05) is 12.1 Å². The number of rotatable bonds is 3. The van der Waals surface area contributed by atoms with Crippen molar-refractivity contribution >= 4 is 15.7 Å². The second-order valence-corrected chi connectivity index (χ2v) is 8.66. The van der Waals surface area contributed by atoms with Crippen molar-refractivity contribution in [3.63, 3.8) is 0 Å². The van der Waals surface area contributed by atoms with Gasteiger partial charge in [-0.05, 0) is 23.8 Å². The maximum atomic E-state index is 12.7. The van der Waals surface area contributed by atoms with Crippen molar-refractivity contribution in [1.82, 2.24) is 25.0 Å². The number of carbonyl (C=O) groups excluding carboxylic acids is 1. The Morgan fingerprint density at radius 3 is 2.60 bits per heavy atom. The Morgan fingerprint density at radius 2 is 1.88 bits per heavy atom. The Morgan fingerprint density at radius 1 is 1.12 bits per heavy atom. The van der Waals surface area contributed by atoms with E-state index in [-0.39, 0.29) is 29.5 Å². The van der Waals surface area contributed by atoms with Gasteiger partial charge in [-0.1, -0.05) is 0 Å². The summed E-state index contributed by atoms with van der Waals surface area (Å²) in [6, 6.07) is 4.97. The molecule has 2 aliphatic rings. The number of fused-ring (bicyclic) bond motifs is 1. The summed E-state index contributed by atoms with van der Waals surface area (Å²) in [6.07, 6.45) is 4.99. The van der Waals surface area contributed by atoms with Crippen LogP contribution in [0.15, 0.2) is 36.8 Å². The minimum Gasteiger partial charge on any atom is -0.330 e. The van der Waals surface area contributed by atoms with Gasteiger partial charge in [0.25, 0.3) is 5.91 Å². The van der Waals surface area contributed by atoms with Crippen molar-refractivity contribution in [3.8, 4) is 0 Å². The molecule has 2 aromatic heterocycles. The number of nitrogens with zero attached hydrogens (tertiary/aromatic N) is 4. The normalized spacial score (nSPS) is 25.7. The number of hydrogen-bond donors (Lipinski definition) is 1. The summed E-state index contributed by atoms with van der Waals surface area (Å²) in [5.41, 5.74) is 1.48. The molecule has 2 fully saturated rings. The Hall–Kier alpha value is -2.26. The first kappa shape index (κ1) is 16.2. The minimum atomic E-state index is -3.16. The van der Waals surface area contributed by atoms with E-state index in [1.165, 1.54) is 6.20 Å². The molecule has 2 aromatic rings. The molecular formula is C16H19N5O3S. The molecule has 0 aliphatic carbocycles. The van der Waals surface area contributed by atoms with Gasteiger partial charge in [0.05, 0.1) is 17.5 Å². The number of nitrogens with one attached hydrogen (secondary N) is 1. The molecule has 8 nitrogen and oxygen atoms in total. The largest absolute Gasteiger partial charge is 0.330 e. The molecule has 1 amide bonds. The van der Waals surface area contributed by atoms with Crippen LogP contribution in [0.5, 0.6) is 0 Å². The quantitative estimate of drug-likeness (QED) is 0.821. The van der Waals surface area contributed by atoms with Gasteiger partial charge in [-0.25, -0.2) is 8.42 Å². The molecule has 4 rings (SSSR count). The van der Waals surface area contributed by atoms with Crippen LogP contribution >= 0.6 is 0 Å². The summed E-state index contributed by atoms with van der Waals surface area (Å²) in [7, 11) is -3.16. The molecule has 2 atom stereocenters. The SMILES string of the molecule is O=C(c1ccn[nH]1)N1CCN(Cc2ccncc2)[C@@H]2CS(=O)(=O)C[C@@H]21. The predicted molar refractivity (Wildman–Crippen MR) is 90.5 cm³/mol. The molecule has 0 spiro atoms. The van der Waals surface area contributed by atoms with Crippen LogP contribution in [0.2, 0.25) is 0 Å². The lowest BCUT2D eigenvalue weighted by Gasteiger charge is -2.43. The van der Waals surface area contributed by atoms with Crippen molar-refractivity contribution in [2.24, 2.45) is 0 Å². The third kappa shape index (κ3) is 3.16. The fourth-order valence-electron chi connectivity index (χ4n) is 3.73. The molecule has 0 radical (unpaired) electrons. The molecule has 0 bridgehead atoms. The van der Waals surface area contributed by atoms with Gasteiger partial charge in [0.1, 0.15) is 5.69 Å². The topological polar surface area (TPSA) is 99.3 Å². The maximum Gasteiger partial charge on any atom is 0.272 e. The lowest BCUT2D eigenvalue weighted by atomic mass is 10.0. The highest BCUT2D eigenvalue weighted by Gasteiger charge is 2.48. The molecule has 2 saturated heterocycles. The average Bonchev–Trinajstić information content (AvgIpc) is 3.22. The molecule has 0 unspecified atom stereocenters. The van der Waals surface area contributed by atoms with Gasteiger partial charge in [0.15, 0.2) is 9.84 Å². The first-order chi connectivity index (χ1) is 12.0. The summed E-state index contributed by atoms with van der Waals surface area (Å²) in [6.45, 7) is 1.80. The number of amides is 1. The van der Waals surface area contributed by atoms with E-state index in [0.29, 0.717) is 25.3 Å². The van der Waals surface area contributed by atoms with E-state index in [9.17, 15) is 13.2 Å². The van der Waals surface area contributed by atoms with E-state index in [0.717, 1.165) is 5.56 Å². The Balaban J connectivity index is 1.59. The van der Waals surface area contributed by atoms with Crippen LogP contribution in [0.1, 0.15) is 16.1 Å². The molecule has 9 heteroatoms. The number of aromatic amines is 1. The molecule has 4 heterocycles. The van der Waals surface area contributed by atoms with Crippen molar-refractivity contribution in [1.29, 1.82) is 0 Å². The van der Waals surface area contributed by atoms with E-state index in [2.05, 4.69) is 20.1 Å². The van der Waals surface area contributed by atoms with Crippen molar-refractivity contribution < 1.29 is 13.2 Å². The zero-order valence-electron chi connectivity index (χ0n) is 13.6. The monoisotopic (exact) mass is 361 g/mol. The number of H-pyrrole nitrogens is 1. The van der Waals surface area contributed by atoms with Crippen LogP contribution in [0.25, 0.3) is 0 Å². The first-order valence-electron chi connectivity index (χ1n) is 8.17. The Bertz CT molecular complexity index is 853. The highest BCUT2D eigenvalue weighted by Crippen LogP contribution is 2.29. The second-order valence-electron chi connectivity index (χ2n) is 6.51. The molecule has 0 aromatic carbocycles. The highest BCUT2D eigenvalue weighted by molar-refractivity contribution is 7.91. The van der Waals surface area contributed by atoms with E-state index < -0.39 is 9.84 Å². The predicted octanol–water partition coefficient (Wildman–Crippen LogP) is -0.0717. The number of sulfone groups is 1. The van der Waals surface area contributed by atoms with Crippen LogP contribution in [-0.4, -0.2) is 76.0 Å². The highest BCUT2D eigenvalue weighted by atomic mass is 32.2. The van der Waals surface area contributed by atoms with Gasteiger partial charge >= 0.3 is 0 Å². The molecule has 25 heavy (non-hydrogen) atoms. The zero-order chi connectivity index (χ0) is 17.4. The average molecular weight is 361 g/mol. The van der Waals surface area contributed by atoms with Crippen molar-refractivity contribution in [2.75, 3.05) is 24.6 Å². The zero-order valence-corrected chi connectivity index (χ0v) is 14.4. The number of aromatic nitrogens is 3. The third-order valence-corrected chi connectivity index (χ3v) is 6.62. The van der Waals surface area contributed by atoms with Crippen LogP contribution in [0.3, 0.4) is 0 Å². The van der Waals surface area contributed by atoms with Gasteiger partial charge in [0, 0.05) is 44.3 Å². The fraction of sp³-hybridized carbons (Fsp3) is 0.438.